The van der Waals surface area contributed by atoms with E-state index < -0.39 is 45.3 Å². The minimum Gasteiger partial charge on any atom is -0.494 e. The van der Waals surface area contributed by atoms with Crippen molar-refractivity contribution in [2.24, 2.45) is 0 Å². The van der Waals surface area contributed by atoms with Crippen molar-refractivity contribution in [1.82, 2.24) is 4.31 Å². The number of hydrogen-bond acceptors (Lipinski definition) is 7. The summed E-state index contributed by atoms with van der Waals surface area (Å²) < 4.78 is 59.4. The highest BCUT2D eigenvalue weighted by atomic mass is 32.2. The van der Waals surface area contributed by atoms with Crippen molar-refractivity contribution in [3.05, 3.63) is 17.9 Å². The van der Waals surface area contributed by atoms with E-state index in [1.165, 1.54) is 19.2 Å². The third kappa shape index (κ3) is 6.32. The van der Waals surface area contributed by atoms with Crippen LogP contribution in [-0.4, -0.2) is 61.8 Å². The number of carbonyl (C=O) groups excluding carboxylic acids is 1. The van der Waals surface area contributed by atoms with E-state index in [4.69, 9.17) is 19.3 Å². The molecule has 1 fully saturated rings. The van der Waals surface area contributed by atoms with Crippen LogP contribution in [0.1, 0.15) is 59.8 Å². The number of carbonyl (C=O) groups is 1. The van der Waals surface area contributed by atoms with Gasteiger partial charge in [0, 0.05) is 13.2 Å². The molecule has 10 heteroatoms. The van der Waals surface area contributed by atoms with Crippen LogP contribution in [0, 0.1) is 5.82 Å². The number of esters is 1. The Hall–Kier alpha value is -1.91. The van der Waals surface area contributed by atoms with E-state index in [0.29, 0.717) is 32.1 Å². The highest BCUT2D eigenvalue weighted by Gasteiger charge is 2.43. The highest BCUT2D eigenvalue weighted by molar-refractivity contribution is 7.89. The lowest BCUT2D eigenvalue weighted by atomic mass is 10.2. The fourth-order valence-corrected chi connectivity index (χ4v) is 5.31. The summed E-state index contributed by atoms with van der Waals surface area (Å²) in [5.41, 5.74) is -0.764. The molecule has 2 atom stereocenters. The van der Waals surface area contributed by atoms with E-state index >= 15 is 4.39 Å². The molecule has 1 aromatic carbocycles. The van der Waals surface area contributed by atoms with E-state index in [1.54, 1.807) is 27.7 Å². The van der Waals surface area contributed by atoms with Gasteiger partial charge in [-0.05, 0) is 71.9 Å². The van der Waals surface area contributed by atoms with Crippen LogP contribution in [0.4, 0.5) is 4.39 Å². The third-order valence-corrected chi connectivity index (χ3v) is 6.98. The van der Waals surface area contributed by atoms with Crippen LogP contribution in [0.5, 0.6) is 11.5 Å². The molecule has 1 aliphatic rings. The number of methoxy groups -OCH3 is 1. The zero-order valence-corrected chi connectivity index (χ0v) is 20.2. The van der Waals surface area contributed by atoms with Gasteiger partial charge in [0.15, 0.2) is 11.5 Å². The Balaban J connectivity index is 2.41. The average Bonchev–Trinajstić information content (AvgIpc) is 3.19. The number of hydrogen-bond donors (Lipinski definition) is 1. The van der Waals surface area contributed by atoms with Crippen LogP contribution >= 0.6 is 0 Å². The average molecular weight is 476 g/mol. The molecule has 32 heavy (non-hydrogen) atoms. The van der Waals surface area contributed by atoms with Crippen LogP contribution in [-0.2, 0) is 19.6 Å². The number of unbranched alkanes of at least 4 members (excludes halogenated alkanes) is 1. The third-order valence-electron chi connectivity index (χ3n) is 5.05. The summed E-state index contributed by atoms with van der Waals surface area (Å²) in [5, 5.41) is 8.95. The molecule has 0 aliphatic carbocycles. The quantitative estimate of drug-likeness (QED) is 0.409. The van der Waals surface area contributed by atoms with Crippen LogP contribution in [0.3, 0.4) is 0 Å². The van der Waals surface area contributed by atoms with Crippen molar-refractivity contribution in [3.63, 3.8) is 0 Å². The first-order valence-electron chi connectivity index (χ1n) is 10.8. The van der Waals surface area contributed by atoms with Gasteiger partial charge in [-0.25, -0.2) is 8.42 Å². The highest BCUT2D eigenvalue weighted by Crippen LogP contribution is 2.38. The molecule has 0 aromatic heterocycles. The Bertz CT molecular complexity index is 898. The summed E-state index contributed by atoms with van der Waals surface area (Å²) in [5.74, 6) is -2.13. The van der Waals surface area contributed by atoms with Crippen LogP contribution in [0.2, 0.25) is 0 Å². The van der Waals surface area contributed by atoms with Gasteiger partial charge in [-0.1, -0.05) is 0 Å². The van der Waals surface area contributed by atoms with Crippen molar-refractivity contribution in [2.45, 2.75) is 82.4 Å². The molecule has 0 bridgehead atoms. The normalized spacial score (nSPS) is 18.4. The second kappa shape index (κ2) is 10.8. The maximum Gasteiger partial charge on any atom is 0.324 e. The van der Waals surface area contributed by atoms with Gasteiger partial charge in [0.2, 0.25) is 15.8 Å². The van der Waals surface area contributed by atoms with Gasteiger partial charge >= 0.3 is 5.97 Å². The van der Waals surface area contributed by atoms with Gasteiger partial charge in [0.05, 0.1) is 13.2 Å². The number of rotatable bonds is 10. The first-order valence-corrected chi connectivity index (χ1v) is 12.2. The standard InChI is InChI=1S/C22H34FNO7S/c1-15(9-6-7-14-25)30-20-18(12-11-17(29-5)19(20)23)32(27,28)24-13-8-10-16(24)21(26)31-22(2,3)4/h11-12,15-16,25H,6-10,13-14H2,1-5H3/t15-,16+/m1/s1. The summed E-state index contributed by atoms with van der Waals surface area (Å²) in [7, 11) is -2.99. The molecule has 0 unspecified atom stereocenters. The summed E-state index contributed by atoms with van der Waals surface area (Å²) in [6, 6.07) is 1.47. The summed E-state index contributed by atoms with van der Waals surface area (Å²) in [6.07, 6.45) is 2.00. The summed E-state index contributed by atoms with van der Waals surface area (Å²) in [4.78, 5) is 12.3. The topological polar surface area (TPSA) is 102 Å². The largest absolute Gasteiger partial charge is 0.494 e. The fraction of sp³-hybridized carbons (Fsp3) is 0.682. The second-order valence-corrected chi connectivity index (χ2v) is 10.7. The number of aliphatic hydroxyl groups is 1. The van der Waals surface area contributed by atoms with Crippen molar-refractivity contribution in [2.75, 3.05) is 20.3 Å². The van der Waals surface area contributed by atoms with Crippen LogP contribution < -0.4 is 9.47 Å². The van der Waals surface area contributed by atoms with E-state index in [-0.39, 0.29) is 23.8 Å². The lowest BCUT2D eigenvalue weighted by molar-refractivity contribution is -0.158. The maximum absolute atomic E-state index is 15.1. The van der Waals surface area contributed by atoms with Crippen LogP contribution in [0.25, 0.3) is 0 Å². The van der Waals surface area contributed by atoms with E-state index in [1.807, 2.05) is 0 Å². The fourth-order valence-electron chi connectivity index (χ4n) is 3.55. The van der Waals surface area contributed by atoms with Crippen molar-refractivity contribution in [1.29, 1.82) is 0 Å². The van der Waals surface area contributed by atoms with Gasteiger partial charge in [-0.2, -0.15) is 8.70 Å². The Morgan fingerprint density at radius 2 is 2.00 bits per heavy atom. The molecule has 1 N–H and O–H groups in total. The molecule has 1 aliphatic heterocycles. The van der Waals surface area contributed by atoms with E-state index in [2.05, 4.69) is 0 Å². The monoisotopic (exact) mass is 475 g/mol. The summed E-state index contributed by atoms with van der Waals surface area (Å²) >= 11 is 0. The Labute approximate surface area is 189 Å². The molecule has 0 radical (unpaired) electrons. The van der Waals surface area contributed by atoms with E-state index in [9.17, 15) is 13.2 Å². The molecule has 1 heterocycles. The molecule has 0 spiro atoms. The number of nitrogens with zero attached hydrogens (tertiary/aromatic N) is 1. The number of aliphatic hydroxyl groups excluding tert-OH is 1. The molecule has 182 valence electrons. The zero-order chi connectivity index (χ0) is 24.1. The number of benzene rings is 1. The lowest BCUT2D eigenvalue weighted by Gasteiger charge is -2.28. The molecule has 0 amide bonds. The molecule has 0 saturated carbocycles. The van der Waals surface area contributed by atoms with E-state index in [0.717, 1.165) is 4.31 Å². The van der Waals surface area contributed by atoms with Gasteiger partial charge < -0.3 is 19.3 Å². The minimum absolute atomic E-state index is 0.0287. The predicted octanol–water partition coefficient (Wildman–Crippen LogP) is 3.26. The van der Waals surface area contributed by atoms with Crippen molar-refractivity contribution < 1.29 is 36.9 Å². The molecular formula is C22H34FNO7S. The number of ether oxygens (including phenoxy) is 3. The molecular weight excluding hydrogens is 441 g/mol. The Morgan fingerprint density at radius 3 is 2.59 bits per heavy atom. The van der Waals surface area contributed by atoms with Gasteiger partial charge in [0.25, 0.3) is 0 Å². The second-order valence-electron chi connectivity index (χ2n) is 8.86. The molecule has 2 rings (SSSR count). The Morgan fingerprint density at radius 1 is 1.31 bits per heavy atom. The predicted molar refractivity (Wildman–Crippen MR) is 117 cm³/mol. The van der Waals surface area contributed by atoms with Gasteiger partial charge in [-0.3, -0.25) is 4.79 Å². The first-order chi connectivity index (χ1) is 14.9. The first kappa shape index (κ1) is 26.3. The van der Waals surface area contributed by atoms with Crippen molar-refractivity contribution >= 4 is 16.0 Å². The molecule has 1 saturated heterocycles. The summed E-state index contributed by atoms with van der Waals surface area (Å²) in [6.45, 7) is 6.98. The SMILES string of the molecule is COc1ccc(S(=O)(=O)N2CCC[C@H]2C(=O)OC(C)(C)C)c(O[C@H](C)CCCCO)c1F. The molecule has 8 nitrogen and oxygen atoms in total. The van der Waals surface area contributed by atoms with Crippen molar-refractivity contribution in [3.8, 4) is 11.5 Å². The Kier molecular flexibility index (Phi) is 8.90. The van der Waals surface area contributed by atoms with Gasteiger partial charge in [-0.15, -0.1) is 0 Å². The lowest BCUT2D eigenvalue weighted by Crippen LogP contribution is -2.43. The zero-order valence-electron chi connectivity index (χ0n) is 19.4. The van der Waals surface area contributed by atoms with Gasteiger partial charge in [0.1, 0.15) is 16.5 Å². The number of sulfonamides is 1. The maximum atomic E-state index is 15.1. The molecule has 1 aromatic rings. The number of halogens is 1. The smallest absolute Gasteiger partial charge is 0.324 e. The van der Waals surface area contributed by atoms with Crippen LogP contribution in [0.15, 0.2) is 17.0 Å². The minimum atomic E-state index is -4.27.